The van der Waals surface area contributed by atoms with Crippen LogP contribution in [0, 0.1) is 5.92 Å². The highest BCUT2D eigenvalue weighted by Gasteiger charge is 2.48. The van der Waals surface area contributed by atoms with E-state index in [1.54, 1.807) is 41.5 Å². The molecule has 2 fully saturated rings. The number of carbonyl (C=O) groups is 3. The molecular formula is C19H32N2O7. The topological polar surface area (TPSA) is 117 Å². The zero-order valence-corrected chi connectivity index (χ0v) is 17.5. The van der Waals surface area contributed by atoms with Crippen LogP contribution in [0.1, 0.15) is 54.4 Å². The maximum atomic E-state index is 12.7. The molecule has 0 unspecified atom stereocenters. The summed E-state index contributed by atoms with van der Waals surface area (Å²) in [6.45, 7) is 10.4. The second-order valence-corrected chi connectivity index (χ2v) is 9.45. The van der Waals surface area contributed by atoms with Gasteiger partial charge in [-0.2, -0.15) is 0 Å². The Morgan fingerprint density at radius 2 is 1.61 bits per heavy atom. The van der Waals surface area contributed by atoms with Crippen molar-refractivity contribution in [3.8, 4) is 0 Å². The normalized spacial score (nSPS) is 27.1. The van der Waals surface area contributed by atoms with Crippen LogP contribution < -0.4 is 0 Å². The number of ether oxygens (including phenoxy) is 2. The molecule has 0 aromatic heterocycles. The zero-order valence-electron chi connectivity index (χ0n) is 17.5. The van der Waals surface area contributed by atoms with Gasteiger partial charge in [0.15, 0.2) is 0 Å². The molecule has 9 nitrogen and oxygen atoms in total. The van der Waals surface area contributed by atoms with Crippen LogP contribution in [0.4, 0.5) is 9.59 Å². The first-order chi connectivity index (χ1) is 12.7. The number of imide groups is 1. The van der Waals surface area contributed by atoms with Crippen molar-refractivity contribution in [2.75, 3.05) is 13.1 Å². The predicted molar refractivity (Wildman–Crippen MR) is 99.4 cm³/mol. The van der Waals surface area contributed by atoms with Crippen LogP contribution in [0.5, 0.6) is 0 Å². The predicted octanol–water partition coefficient (Wildman–Crippen LogP) is 1.50. The fourth-order valence-electron chi connectivity index (χ4n) is 3.48. The first-order valence-corrected chi connectivity index (χ1v) is 9.60. The van der Waals surface area contributed by atoms with Crippen molar-refractivity contribution in [1.29, 1.82) is 0 Å². The highest BCUT2D eigenvalue weighted by molar-refractivity contribution is 5.95. The van der Waals surface area contributed by atoms with Crippen LogP contribution in [-0.2, 0) is 14.3 Å². The Labute approximate surface area is 165 Å². The summed E-state index contributed by atoms with van der Waals surface area (Å²) in [4.78, 5) is 39.6. The van der Waals surface area contributed by atoms with Crippen LogP contribution in [0.25, 0.3) is 0 Å². The molecule has 0 saturated carbocycles. The molecule has 0 aromatic carbocycles. The number of hydrogen-bond acceptors (Lipinski definition) is 7. The number of nitrogens with zero attached hydrogens (tertiary/aromatic N) is 2. The number of carbonyl (C=O) groups excluding carboxylic acids is 3. The summed E-state index contributed by atoms with van der Waals surface area (Å²) in [5, 5.41) is 20.8. The van der Waals surface area contributed by atoms with E-state index in [4.69, 9.17) is 9.47 Å². The number of β-amino-alcohol motifs (C(OH)–C–C–N with tert-alkyl or cyclic N) is 1. The smallest absolute Gasteiger partial charge is 0.417 e. The molecule has 28 heavy (non-hydrogen) atoms. The highest BCUT2D eigenvalue weighted by atomic mass is 16.6. The van der Waals surface area contributed by atoms with Gasteiger partial charge >= 0.3 is 12.2 Å². The minimum atomic E-state index is -1.22. The molecule has 0 spiro atoms. The Hall–Kier alpha value is -1.87. The third-order valence-electron chi connectivity index (χ3n) is 4.62. The Morgan fingerprint density at radius 1 is 1.07 bits per heavy atom. The Bertz CT molecular complexity index is 623. The Kier molecular flexibility index (Phi) is 6.30. The molecule has 2 aliphatic heterocycles. The van der Waals surface area contributed by atoms with E-state index in [0.717, 1.165) is 4.90 Å². The van der Waals surface area contributed by atoms with E-state index in [1.807, 2.05) is 0 Å². The largest absolute Gasteiger partial charge is 0.444 e. The molecule has 4 atom stereocenters. The van der Waals surface area contributed by atoms with E-state index in [0.29, 0.717) is 0 Å². The molecule has 160 valence electrons. The van der Waals surface area contributed by atoms with E-state index in [1.165, 1.54) is 4.90 Å². The third-order valence-corrected chi connectivity index (χ3v) is 4.62. The molecule has 0 bridgehead atoms. The van der Waals surface area contributed by atoms with Gasteiger partial charge in [0.05, 0.1) is 30.7 Å². The van der Waals surface area contributed by atoms with Crippen LogP contribution in [0.3, 0.4) is 0 Å². The van der Waals surface area contributed by atoms with Crippen molar-refractivity contribution < 1.29 is 34.1 Å². The summed E-state index contributed by atoms with van der Waals surface area (Å²) < 4.78 is 10.6. The molecule has 3 amide bonds. The fourth-order valence-corrected chi connectivity index (χ4v) is 3.48. The summed E-state index contributed by atoms with van der Waals surface area (Å²) in [7, 11) is 0. The van der Waals surface area contributed by atoms with Crippen LogP contribution in [-0.4, -0.2) is 80.6 Å². The van der Waals surface area contributed by atoms with Gasteiger partial charge in [0.25, 0.3) is 0 Å². The number of amides is 3. The molecule has 0 aromatic rings. The van der Waals surface area contributed by atoms with Crippen molar-refractivity contribution in [2.24, 2.45) is 5.92 Å². The van der Waals surface area contributed by atoms with Crippen molar-refractivity contribution >= 4 is 18.1 Å². The molecule has 0 aliphatic carbocycles. The second kappa shape index (κ2) is 7.87. The molecule has 2 heterocycles. The summed E-state index contributed by atoms with van der Waals surface area (Å²) in [6, 6.07) is -0.766. The lowest BCUT2D eigenvalue weighted by Crippen LogP contribution is -2.49. The summed E-state index contributed by atoms with van der Waals surface area (Å²) in [6.07, 6.45) is -3.04. The van der Waals surface area contributed by atoms with Crippen molar-refractivity contribution in [3.05, 3.63) is 0 Å². The Morgan fingerprint density at radius 3 is 2.14 bits per heavy atom. The standard InChI is InChI=1S/C19H32N2O7/c1-18(2,3)27-16(25)20-8-7-12(15(20)24)14(23)13-9-11(22)10-21(13)17(26)28-19(4,5)6/h11-14,22-23H,7-10H2,1-6H3/t11-,12+,13+,14-/m1/s1. The lowest BCUT2D eigenvalue weighted by Gasteiger charge is -2.32. The zero-order chi connectivity index (χ0) is 21.4. The quantitative estimate of drug-likeness (QED) is 0.721. The van der Waals surface area contributed by atoms with E-state index in [9.17, 15) is 24.6 Å². The maximum Gasteiger partial charge on any atom is 0.417 e. The number of aliphatic hydroxyl groups is 2. The minimum absolute atomic E-state index is 0.0212. The molecular weight excluding hydrogens is 368 g/mol. The van der Waals surface area contributed by atoms with Gasteiger partial charge in [0.2, 0.25) is 5.91 Å². The summed E-state index contributed by atoms with van der Waals surface area (Å²) in [5.41, 5.74) is -1.46. The molecule has 2 aliphatic rings. The first-order valence-electron chi connectivity index (χ1n) is 9.60. The number of rotatable bonds is 2. The SMILES string of the molecule is CC(C)(C)OC(=O)N1CC[C@@H]([C@@H](O)[C@@H]2C[C@@H](O)CN2C(=O)OC(C)(C)C)C1=O. The van der Waals surface area contributed by atoms with Crippen LogP contribution in [0.2, 0.25) is 0 Å². The van der Waals surface area contributed by atoms with Crippen LogP contribution >= 0.6 is 0 Å². The van der Waals surface area contributed by atoms with Gasteiger partial charge in [-0.15, -0.1) is 0 Å². The first kappa shape index (κ1) is 22.4. The van der Waals surface area contributed by atoms with Gasteiger partial charge in [-0.3, -0.25) is 9.69 Å². The molecule has 0 radical (unpaired) electrons. The average Bonchev–Trinajstić information content (AvgIpc) is 3.06. The van der Waals surface area contributed by atoms with E-state index in [-0.39, 0.29) is 25.9 Å². The second-order valence-electron chi connectivity index (χ2n) is 9.45. The van der Waals surface area contributed by atoms with E-state index < -0.39 is 53.5 Å². The van der Waals surface area contributed by atoms with Gasteiger partial charge in [-0.25, -0.2) is 14.5 Å². The van der Waals surface area contributed by atoms with Gasteiger partial charge in [0, 0.05) is 6.54 Å². The number of aliphatic hydroxyl groups excluding tert-OH is 2. The van der Waals surface area contributed by atoms with E-state index >= 15 is 0 Å². The van der Waals surface area contributed by atoms with Crippen LogP contribution in [0.15, 0.2) is 0 Å². The highest BCUT2D eigenvalue weighted by Crippen LogP contribution is 2.31. The lowest BCUT2D eigenvalue weighted by atomic mass is 9.93. The average molecular weight is 400 g/mol. The monoisotopic (exact) mass is 400 g/mol. The molecule has 2 saturated heterocycles. The van der Waals surface area contributed by atoms with Gasteiger partial charge in [-0.1, -0.05) is 0 Å². The fraction of sp³-hybridized carbons (Fsp3) is 0.842. The minimum Gasteiger partial charge on any atom is -0.444 e. The summed E-state index contributed by atoms with van der Waals surface area (Å²) in [5.74, 6) is -1.39. The van der Waals surface area contributed by atoms with E-state index in [2.05, 4.69) is 0 Å². The van der Waals surface area contributed by atoms with Gasteiger partial charge in [0.1, 0.15) is 11.2 Å². The number of hydrogen-bond donors (Lipinski definition) is 2. The molecule has 9 heteroatoms. The van der Waals surface area contributed by atoms with Crippen molar-refractivity contribution in [1.82, 2.24) is 9.80 Å². The van der Waals surface area contributed by atoms with Crippen molar-refractivity contribution in [2.45, 2.75) is 83.8 Å². The summed E-state index contributed by atoms with van der Waals surface area (Å²) >= 11 is 0. The Balaban J connectivity index is 2.09. The lowest BCUT2D eigenvalue weighted by molar-refractivity contribution is -0.134. The molecule has 2 rings (SSSR count). The van der Waals surface area contributed by atoms with Gasteiger partial charge in [-0.05, 0) is 54.4 Å². The maximum absolute atomic E-state index is 12.7. The number of likely N-dealkylation sites (tertiary alicyclic amines) is 2. The van der Waals surface area contributed by atoms with Crippen molar-refractivity contribution in [3.63, 3.8) is 0 Å². The third kappa shape index (κ3) is 5.35. The van der Waals surface area contributed by atoms with Gasteiger partial charge < -0.3 is 19.7 Å². The molecule has 2 N–H and O–H groups in total.